The minimum absolute atomic E-state index is 0.190. The summed E-state index contributed by atoms with van der Waals surface area (Å²) >= 11 is 6.20. The summed E-state index contributed by atoms with van der Waals surface area (Å²) in [7, 11) is 0. The van der Waals surface area contributed by atoms with E-state index in [0.29, 0.717) is 16.9 Å². The number of anilines is 2. The summed E-state index contributed by atoms with van der Waals surface area (Å²) in [5.41, 5.74) is 10.7. The third-order valence-electron chi connectivity index (χ3n) is 5.88. The van der Waals surface area contributed by atoms with E-state index in [1.165, 1.54) is 0 Å². The standard InChI is InChI=1S/C23H32ClN7/c1-13(2)19-21-20(30-29-19)22(26-18-7-5-6-15(24)12-18)28-23(31(21)14(3)4)27-17-10-8-16(25)9-11-17/h5-7,12-14,16-17H,8-11,25H2,1-4H3,(H,29,30)(H,26,27,28). The summed E-state index contributed by atoms with van der Waals surface area (Å²) in [5.74, 6) is 0.973. The van der Waals surface area contributed by atoms with Crippen LogP contribution < -0.4 is 16.7 Å². The molecule has 1 fully saturated rings. The van der Waals surface area contributed by atoms with Gasteiger partial charge in [-0.1, -0.05) is 31.5 Å². The molecule has 0 spiro atoms. The van der Waals surface area contributed by atoms with E-state index >= 15 is 0 Å². The predicted octanol–water partition coefficient (Wildman–Crippen LogP) is 5.03. The van der Waals surface area contributed by atoms with Gasteiger partial charge in [0.25, 0.3) is 0 Å². The Morgan fingerprint density at radius 1 is 1.19 bits per heavy atom. The number of hydrogen-bond donors (Lipinski definition) is 3. The molecule has 0 atom stereocenters. The zero-order valence-electron chi connectivity index (χ0n) is 18.7. The zero-order valence-corrected chi connectivity index (χ0v) is 19.4. The Morgan fingerprint density at radius 3 is 2.58 bits per heavy atom. The van der Waals surface area contributed by atoms with Gasteiger partial charge in [0, 0.05) is 22.8 Å². The zero-order chi connectivity index (χ0) is 22.1. The van der Waals surface area contributed by atoms with Crippen LogP contribution >= 0.6 is 11.6 Å². The van der Waals surface area contributed by atoms with Crippen molar-refractivity contribution in [3.63, 3.8) is 0 Å². The second kappa shape index (κ2) is 9.01. The van der Waals surface area contributed by atoms with Crippen molar-refractivity contribution < 1.29 is 0 Å². The first-order valence-corrected chi connectivity index (χ1v) is 11.5. The molecule has 0 bridgehead atoms. The normalized spacial score (nSPS) is 20.2. The fourth-order valence-corrected chi connectivity index (χ4v) is 4.42. The first-order valence-electron chi connectivity index (χ1n) is 11.2. The van der Waals surface area contributed by atoms with Crippen LogP contribution in [0.2, 0.25) is 5.02 Å². The Bertz CT molecular complexity index is 1120. The van der Waals surface area contributed by atoms with Crippen molar-refractivity contribution >= 4 is 34.1 Å². The lowest BCUT2D eigenvalue weighted by atomic mass is 9.92. The Hall–Kier alpha value is -2.38. The molecule has 0 radical (unpaired) electrons. The maximum absolute atomic E-state index is 6.20. The average molecular weight is 442 g/mol. The quantitative estimate of drug-likeness (QED) is 0.517. The fourth-order valence-electron chi connectivity index (χ4n) is 4.23. The van der Waals surface area contributed by atoms with E-state index in [9.17, 15) is 0 Å². The van der Waals surface area contributed by atoms with Gasteiger partial charge in [0.1, 0.15) is 0 Å². The van der Waals surface area contributed by atoms with Gasteiger partial charge < -0.3 is 15.6 Å². The molecule has 0 aliphatic heterocycles. The molecule has 1 aliphatic rings. The van der Waals surface area contributed by atoms with Gasteiger partial charge in [0.2, 0.25) is 5.62 Å². The molecule has 3 aromatic rings. The van der Waals surface area contributed by atoms with Crippen molar-refractivity contribution in [3.05, 3.63) is 40.6 Å². The van der Waals surface area contributed by atoms with Crippen molar-refractivity contribution in [2.75, 3.05) is 5.32 Å². The summed E-state index contributed by atoms with van der Waals surface area (Å²) < 4.78 is 2.21. The Balaban J connectivity index is 1.92. The molecule has 166 valence electrons. The van der Waals surface area contributed by atoms with Gasteiger partial charge in [-0.25, -0.2) is 4.99 Å². The molecule has 8 heteroatoms. The van der Waals surface area contributed by atoms with Gasteiger partial charge in [-0.2, -0.15) is 10.1 Å². The monoisotopic (exact) mass is 441 g/mol. The molecule has 31 heavy (non-hydrogen) atoms. The van der Waals surface area contributed by atoms with Crippen molar-refractivity contribution in [1.82, 2.24) is 19.7 Å². The molecule has 0 unspecified atom stereocenters. The van der Waals surface area contributed by atoms with Gasteiger partial charge >= 0.3 is 0 Å². The van der Waals surface area contributed by atoms with Crippen LogP contribution in [0, 0.1) is 0 Å². The van der Waals surface area contributed by atoms with Gasteiger partial charge in [0.05, 0.1) is 17.3 Å². The average Bonchev–Trinajstić information content (AvgIpc) is 3.15. The SMILES string of the molecule is CC(C)c1[nH]nc2c(Nc3cccc(Cl)c3)nc(=NC3CCC(N)CC3)n(C(C)C)c12. The summed E-state index contributed by atoms with van der Waals surface area (Å²) in [6.07, 6.45) is 4.01. The number of hydrogen-bond acceptors (Lipinski definition) is 5. The Kier molecular flexibility index (Phi) is 6.34. The highest BCUT2D eigenvalue weighted by Gasteiger charge is 2.22. The van der Waals surface area contributed by atoms with Gasteiger partial charge in [-0.15, -0.1) is 0 Å². The summed E-state index contributed by atoms with van der Waals surface area (Å²) in [6, 6.07) is 8.35. The maximum Gasteiger partial charge on any atom is 0.227 e. The number of aromatic nitrogens is 4. The van der Waals surface area contributed by atoms with E-state index in [-0.39, 0.29) is 18.0 Å². The number of fused-ring (bicyclic) bond motifs is 1. The second-order valence-electron chi connectivity index (χ2n) is 9.05. The number of nitrogens with zero attached hydrogens (tertiary/aromatic N) is 4. The topological polar surface area (TPSA) is 96.9 Å². The van der Waals surface area contributed by atoms with E-state index in [4.69, 9.17) is 27.3 Å². The smallest absolute Gasteiger partial charge is 0.227 e. The molecular formula is C23H32ClN7. The van der Waals surface area contributed by atoms with Crippen molar-refractivity contribution in [1.29, 1.82) is 0 Å². The van der Waals surface area contributed by atoms with Crippen LogP contribution in [-0.2, 0) is 0 Å². The minimum atomic E-state index is 0.190. The highest BCUT2D eigenvalue weighted by molar-refractivity contribution is 6.30. The molecule has 0 saturated heterocycles. The van der Waals surface area contributed by atoms with Crippen LogP contribution in [0.5, 0.6) is 0 Å². The molecular weight excluding hydrogens is 410 g/mol. The van der Waals surface area contributed by atoms with Crippen molar-refractivity contribution in [2.24, 2.45) is 10.7 Å². The molecule has 1 aliphatic carbocycles. The highest BCUT2D eigenvalue weighted by atomic mass is 35.5. The van der Waals surface area contributed by atoms with Crippen LogP contribution in [0.25, 0.3) is 11.0 Å². The Labute approximate surface area is 188 Å². The predicted molar refractivity (Wildman–Crippen MR) is 127 cm³/mol. The first-order chi connectivity index (χ1) is 14.8. The lowest BCUT2D eigenvalue weighted by Crippen LogP contribution is -2.33. The van der Waals surface area contributed by atoms with E-state index < -0.39 is 0 Å². The van der Waals surface area contributed by atoms with Crippen LogP contribution in [0.1, 0.15) is 71.0 Å². The van der Waals surface area contributed by atoms with Crippen LogP contribution in [0.4, 0.5) is 11.5 Å². The molecule has 7 nitrogen and oxygen atoms in total. The molecule has 4 rings (SSSR count). The van der Waals surface area contributed by atoms with E-state index in [1.807, 2.05) is 24.3 Å². The van der Waals surface area contributed by atoms with Crippen LogP contribution in [0.15, 0.2) is 29.3 Å². The lowest BCUT2D eigenvalue weighted by molar-refractivity contribution is 0.386. The number of benzene rings is 1. The van der Waals surface area contributed by atoms with Crippen molar-refractivity contribution in [2.45, 2.75) is 77.4 Å². The largest absolute Gasteiger partial charge is 0.338 e. The third kappa shape index (κ3) is 4.62. The number of nitrogens with two attached hydrogens (primary N) is 1. The molecule has 1 saturated carbocycles. The van der Waals surface area contributed by atoms with Crippen LogP contribution in [0.3, 0.4) is 0 Å². The number of aromatic amines is 1. The van der Waals surface area contributed by atoms with E-state index in [0.717, 1.165) is 53.7 Å². The third-order valence-corrected chi connectivity index (χ3v) is 6.12. The minimum Gasteiger partial charge on any atom is -0.338 e. The molecule has 4 N–H and O–H groups in total. The number of halogens is 1. The van der Waals surface area contributed by atoms with Gasteiger partial charge in [-0.3, -0.25) is 5.10 Å². The molecule has 1 aromatic carbocycles. The van der Waals surface area contributed by atoms with Gasteiger partial charge in [0.15, 0.2) is 11.3 Å². The number of nitrogens with one attached hydrogen (secondary N) is 2. The van der Waals surface area contributed by atoms with Crippen LogP contribution in [-0.4, -0.2) is 31.8 Å². The van der Waals surface area contributed by atoms with Crippen molar-refractivity contribution in [3.8, 4) is 0 Å². The molecule has 2 aromatic heterocycles. The fraction of sp³-hybridized carbons (Fsp3) is 0.522. The molecule has 0 amide bonds. The maximum atomic E-state index is 6.20. The summed E-state index contributed by atoms with van der Waals surface area (Å²) in [4.78, 5) is 10.1. The Morgan fingerprint density at radius 2 is 1.94 bits per heavy atom. The summed E-state index contributed by atoms with van der Waals surface area (Å²) in [5, 5.41) is 12.0. The molecule has 2 heterocycles. The number of rotatable bonds is 5. The van der Waals surface area contributed by atoms with Gasteiger partial charge in [-0.05, 0) is 63.6 Å². The van der Waals surface area contributed by atoms with E-state index in [1.54, 1.807) is 0 Å². The highest BCUT2D eigenvalue weighted by Crippen LogP contribution is 2.29. The number of H-pyrrole nitrogens is 1. The first kappa shape index (κ1) is 21.8. The van der Waals surface area contributed by atoms with E-state index in [2.05, 4.69) is 47.8 Å². The lowest BCUT2D eigenvalue weighted by Gasteiger charge is -2.24. The summed E-state index contributed by atoms with van der Waals surface area (Å²) in [6.45, 7) is 8.67. The second-order valence-corrected chi connectivity index (χ2v) is 9.48.